The third-order valence-corrected chi connectivity index (χ3v) is 5.45. The first-order valence-corrected chi connectivity index (χ1v) is 10.7. The number of hydrogen-bond acceptors (Lipinski definition) is 5. The van der Waals surface area contributed by atoms with Gasteiger partial charge in [0.25, 0.3) is 0 Å². The predicted molar refractivity (Wildman–Crippen MR) is 121 cm³/mol. The minimum absolute atomic E-state index is 0.0947. The van der Waals surface area contributed by atoms with E-state index in [9.17, 15) is 4.79 Å². The van der Waals surface area contributed by atoms with Crippen molar-refractivity contribution in [1.82, 2.24) is 14.8 Å². The van der Waals surface area contributed by atoms with Crippen LogP contribution in [-0.4, -0.2) is 26.4 Å². The maximum Gasteiger partial charge on any atom is 0.234 e. The highest BCUT2D eigenvalue weighted by molar-refractivity contribution is 7.99. The van der Waals surface area contributed by atoms with E-state index in [-0.39, 0.29) is 17.8 Å². The fourth-order valence-electron chi connectivity index (χ4n) is 2.90. The minimum Gasteiger partial charge on any atom is -0.482 e. The Kier molecular flexibility index (Phi) is 7.30. The number of thioether (sulfide) groups is 1. The molecule has 3 rings (SSSR count). The lowest BCUT2D eigenvalue weighted by atomic mass is 10.2. The molecule has 1 atom stereocenters. The Morgan fingerprint density at radius 3 is 2.63 bits per heavy atom. The zero-order valence-electron chi connectivity index (χ0n) is 17.5. The molecule has 0 aliphatic rings. The van der Waals surface area contributed by atoms with E-state index in [1.807, 2.05) is 73.9 Å². The number of aryl methyl sites for hydroxylation is 2. The number of amides is 1. The lowest BCUT2D eigenvalue weighted by molar-refractivity contribution is -0.113. The summed E-state index contributed by atoms with van der Waals surface area (Å²) >= 11 is 1.34. The van der Waals surface area contributed by atoms with Gasteiger partial charge in [-0.05, 0) is 44.5 Å². The minimum atomic E-state index is -0.297. The summed E-state index contributed by atoms with van der Waals surface area (Å²) < 4.78 is 8.03. The summed E-state index contributed by atoms with van der Waals surface area (Å²) in [6.07, 6.45) is 1.48. The number of aromatic nitrogens is 3. The lowest BCUT2D eigenvalue weighted by Crippen LogP contribution is -2.15. The number of hydrogen-bond donors (Lipinski definition) is 1. The number of carbonyl (C=O) groups excluding carboxylic acids is 1. The van der Waals surface area contributed by atoms with Gasteiger partial charge in [-0.3, -0.25) is 9.36 Å². The average Bonchev–Trinajstić information content (AvgIpc) is 3.13. The van der Waals surface area contributed by atoms with Crippen LogP contribution < -0.4 is 10.1 Å². The number of allylic oxidation sites excluding steroid dienone is 1. The number of benzene rings is 2. The SMILES string of the molecule is C=CCn1c(SCC(=O)Nc2ccc(C)cc2)nnc1C(C)Oc1ccccc1C. The van der Waals surface area contributed by atoms with Crippen LogP contribution in [0.1, 0.15) is 30.0 Å². The number of carbonyl (C=O) groups is 1. The number of anilines is 1. The van der Waals surface area contributed by atoms with Crippen LogP contribution in [0.3, 0.4) is 0 Å². The van der Waals surface area contributed by atoms with Gasteiger partial charge in [0.2, 0.25) is 5.91 Å². The van der Waals surface area contributed by atoms with Gasteiger partial charge in [-0.15, -0.1) is 16.8 Å². The number of nitrogens with one attached hydrogen (secondary N) is 1. The zero-order chi connectivity index (χ0) is 21.5. The van der Waals surface area contributed by atoms with E-state index in [0.717, 1.165) is 22.6 Å². The molecule has 1 heterocycles. The van der Waals surface area contributed by atoms with E-state index in [0.29, 0.717) is 17.5 Å². The second-order valence-corrected chi connectivity index (χ2v) is 7.91. The summed E-state index contributed by atoms with van der Waals surface area (Å²) in [5, 5.41) is 12.2. The molecule has 0 aliphatic carbocycles. The molecule has 0 saturated heterocycles. The Morgan fingerprint density at radius 1 is 1.20 bits per heavy atom. The average molecular weight is 423 g/mol. The summed E-state index contributed by atoms with van der Waals surface area (Å²) in [6, 6.07) is 15.6. The van der Waals surface area contributed by atoms with E-state index in [4.69, 9.17) is 4.74 Å². The molecule has 0 bridgehead atoms. The second-order valence-electron chi connectivity index (χ2n) is 6.97. The molecule has 0 radical (unpaired) electrons. The summed E-state index contributed by atoms with van der Waals surface area (Å²) in [5.74, 6) is 1.64. The van der Waals surface area contributed by atoms with Crippen molar-refractivity contribution in [3.05, 3.63) is 78.1 Å². The molecule has 1 unspecified atom stereocenters. The molecule has 3 aromatic rings. The molecule has 1 N–H and O–H groups in total. The van der Waals surface area contributed by atoms with E-state index in [2.05, 4.69) is 22.1 Å². The third-order valence-electron chi connectivity index (χ3n) is 4.49. The Bertz CT molecular complexity index is 1010. The molecule has 7 heteroatoms. The molecule has 0 spiro atoms. The highest BCUT2D eigenvalue weighted by atomic mass is 32.2. The standard InChI is InChI=1S/C23H26N4O2S/c1-5-14-27-22(18(4)29-20-9-7-6-8-17(20)3)25-26-23(27)30-15-21(28)24-19-12-10-16(2)11-13-19/h5-13,18H,1,14-15H2,2-4H3,(H,24,28). The molecule has 30 heavy (non-hydrogen) atoms. The van der Waals surface area contributed by atoms with Gasteiger partial charge in [-0.1, -0.05) is 53.7 Å². The van der Waals surface area contributed by atoms with E-state index >= 15 is 0 Å². The zero-order valence-corrected chi connectivity index (χ0v) is 18.3. The van der Waals surface area contributed by atoms with Crippen molar-refractivity contribution in [3.8, 4) is 5.75 Å². The Balaban J connectivity index is 1.67. The molecular formula is C23H26N4O2S. The normalized spacial score (nSPS) is 11.7. The first-order valence-electron chi connectivity index (χ1n) is 9.73. The van der Waals surface area contributed by atoms with Crippen LogP contribution in [0.4, 0.5) is 5.69 Å². The molecule has 0 aliphatic heterocycles. The number of ether oxygens (including phenoxy) is 1. The molecule has 0 saturated carbocycles. The van der Waals surface area contributed by atoms with Crippen molar-refractivity contribution in [2.75, 3.05) is 11.1 Å². The fraction of sp³-hybridized carbons (Fsp3) is 0.261. The van der Waals surface area contributed by atoms with Gasteiger partial charge in [0.05, 0.1) is 5.75 Å². The van der Waals surface area contributed by atoms with Gasteiger partial charge < -0.3 is 10.1 Å². The molecule has 1 aromatic heterocycles. The number of rotatable bonds is 9. The van der Waals surface area contributed by atoms with Gasteiger partial charge in [0.15, 0.2) is 17.1 Å². The van der Waals surface area contributed by atoms with Crippen molar-refractivity contribution < 1.29 is 9.53 Å². The monoisotopic (exact) mass is 422 g/mol. The molecule has 156 valence electrons. The lowest BCUT2D eigenvalue weighted by Gasteiger charge is -2.17. The van der Waals surface area contributed by atoms with Crippen molar-refractivity contribution in [2.45, 2.75) is 38.6 Å². The first kappa shape index (κ1) is 21.6. The van der Waals surface area contributed by atoms with Crippen LogP contribution in [-0.2, 0) is 11.3 Å². The molecule has 1 amide bonds. The van der Waals surface area contributed by atoms with Crippen molar-refractivity contribution in [1.29, 1.82) is 0 Å². The highest BCUT2D eigenvalue weighted by Crippen LogP contribution is 2.26. The molecular weight excluding hydrogens is 396 g/mol. The summed E-state index contributed by atoms with van der Waals surface area (Å²) in [6.45, 7) is 10.3. The Morgan fingerprint density at radius 2 is 1.93 bits per heavy atom. The second kappa shape index (κ2) is 10.1. The van der Waals surface area contributed by atoms with Crippen LogP contribution in [0.15, 0.2) is 66.3 Å². The van der Waals surface area contributed by atoms with Gasteiger partial charge in [-0.25, -0.2) is 0 Å². The van der Waals surface area contributed by atoms with Gasteiger partial charge in [-0.2, -0.15) is 0 Å². The topological polar surface area (TPSA) is 69.0 Å². The van der Waals surface area contributed by atoms with E-state index in [1.54, 1.807) is 6.08 Å². The number of nitrogens with zero attached hydrogens (tertiary/aromatic N) is 3. The maximum absolute atomic E-state index is 12.3. The van der Waals surface area contributed by atoms with Gasteiger partial charge in [0, 0.05) is 12.2 Å². The fourth-order valence-corrected chi connectivity index (χ4v) is 3.66. The quantitative estimate of drug-likeness (QED) is 0.390. The predicted octanol–water partition coefficient (Wildman–Crippen LogP) is 4.95. The van der Waals surface area contributed by atoms with Crippen molar-refractivity contribution >= 4 is 23.4 Å². The van der Waals surface area contributed by atoms with Crippen LogP contribution in [0.5, 0.6) is 5.75 Å². The third kappa shape index (κ3) is 5.51. The summed E-state index contributed by atoms with van der Waals surface area (Å²) in [4.78, 5) is 12.3. The molecule has 2 aromatic carbocycles. The van der Waals surface area contributed by atoms with Gasteiger partial charge >= 0.3 is 0 Å². The van der Waals surface area contributed by atoms with Crippen LogP contribution >= 0.6 is 11.8 Å². The first-order chi connectivity index (χ1) is 14.5. The maximum atomic E-state index is 12.3. The van der Waals surface area contributed by atoms with Crippen molar-refractivity contribution in [2.24, 2.45) is 0 Å². The summed E-state index contributed by atoms with van der Waals surface area (Å²) in [7, 11) is 0. The smallest absolute Gasteiger partial charge is 0.234 e. The van der Waals surface area contributed by atoms with Crippen LogP contribution in [0, 0.1) is 13.8 Å². The Labute approximate surface area is 181 Å². The largest absolute Gasteiger partial charge is 0.482 e. The highest BCUT2D eigenvalue weighted by Gasteiger charge is 2.20. The van der Waals surface area contributed by atoms with Crippen LogP contribution in [0.2, 0.25) is 0 Å². The molecule has 6 nitrogen and oxygen atoms in total. The van der Waals surface area contributed by atoms with E-state index in [1.165, 1.54) is 11.8 Å². The van der Waals surface area contributed by atoms with E-state index < -0.39 is 0 Å². The van der Waals surface area contributed by atoms with Gasteiger partial charge in [0.1, 0.15) is 5.75 Å². The molecule has 0 fully saturated rings. The Hall–Kier alpha value is -3.06. The summed E-state index contributed by atoms with van der Waals surface area (Å²) in [5.41, 5.74) is 2.98. The van der Waals surface area contributed by atoms with Crippen molar-refractivity contribution in [3.63, 3.8) is 0 Å². The number of para-hydroxylation sites is 1. The van der Waals surface area contributed by atoms with Crippen LogP contribution in [0.25, 0.3) is 0 Å².